The molecule has 1 spiro atoms. The highest BCUT2D eigenvalue weighted by molar-refractivity contribution is 5.00. The second-order valence-corrected chi connectivity index (χ2v) is 6.54. The molecule has 2 saturated carbocycles. The van der Waals surface area contributed by atoms with Crippen LogP contribution >= 0.6 is 0 Å². The first-order valence-corrected chi connectivity index (χ1v) is 7.01. The Morgan fingerprint density at radius 2 is 1.82 bits per heavy atom. The fraction of sp³-hybridized carbons (Fsp3) is 1.00. The van der Waals surface area contributed by atoms with Crippen molar-refractivity contribution in [1.29, 1.82) is 0 Å². The van der Waals surface area contributed by atoms with Crippen LogP contribution < -0.4 is 0 Å². The third kappa shape index (κ3) is 1.83. The van der Waals surface area contributed by atoms with Crippen LogP contribution in [-0.4, -0.2) is 30.2 Å². The monoisotopic (exact) mass is 240 g/mol. The van der Waals surface area contributed by atoms with Gasteiger partial charge < -0.3 is 14.6 Å². The molecule has 0 bridgehead atoms. The first kappa shape index (κ1) is 11.9. The smallest absolute Gasteiger partial charge is 0.168 e. The Bertz CT molecular complexity index is 298. The van der Waals surface area contributed by atoms with E-state index in [0.717, 1.165) is 38.9 Å². The van der Waals surface area contributed by atoms with Gasteiger partial charge in [-0.05, 0) is 36.5 Å². The van der Waals surface area contributed by atoms with E-state index in [-0.39, 0.29) is 11.9 Å². The Hall–Kier alpha value is -0.120. The summed E-state index contributed by atoms with van der Waals surface area (Å²) in [4.78, 5) is 0. The van der Waals surface area contributed by atoms with Crippen molar-refractivity contribution in [3.05, 3.63) is 0 Å². The lowest BCUT2D eigenvalue weighted by Crippen LogP contribution is -2.51. The predicted molar refractivity (Wildman–Crippen MR) is 64.5 cm³/mol. The molecule has 4 atom stereocenters. The van der Waals surface area contributed by atoms with Crippen molar-refractivity contribution >= 4 is 0 Å². The van der Waals surface area contributed by atoms with Gasteiger partial charge in [-0.3, -0.25) is 0 Å². The van der Waals surface area contributed by atoms with Crippen LogP contribution in [0.25, 0.3) is 0 Å². The molecule has 0 radical (unpaired) electrons. The van der Waals surface area contributed by atoms with Gasteiger partial charge in [-0.25, -0.2) is 0 Å². The number of rotatable bonds is 0. The van der Waals surface area contributed by atoms with Gasteiger partial charge in [-0.2, -0.15) is 0 Å². The quantitative estimate of drug-likeness (QED) is 0.706. The SMILES string of the molecule is C[C@@H]1[C@@H](O)CC[C@]2(C)CCC3(C[C@@H]12)OCCO3. The van der Waals surface area contributed by atoms with Crippen molar-refractivity contribution in [2.45, 2.75) is 57.8 Å². The van der Waals surface area contributed by atoms with Gasteiger partial charge in [-0.1, -0.05) is 13.8 Å². The highest BCUT2D eigenvalue weighted by Gasteiger charge is 2.53. The summed E-state index contributed by atoms with van der Waals surface area (Å²) < 4.78 is 11.7. The van der Waals surface area contributed by atoms with E-state index >= 15 is 0 Å². The van der Waals surface area contributed by atoms with Crippen LogP contribution in [0.1, 0.15) is 46.0 Å². The Morgan fingerprint density at radius 3 is 2.53 bits per heavy atom. The van der Waals surface area contributed by atoms with E-state index in [4.69, 9.17) is 9.47 Å². The number of aliphatic hydroxyl groups excluding tert-OH is 1. The highest BCUT2D eigenvalue weighted by atomic mass is 16.7. The van der Waals surface area contributed by atoms with Crippen LogP contribution in [-0.2, 0) is 9.47 Å². The summed E-state index contributed by atoms with van der Waals surface area (Å²) >= 11 is 0. The molecule has 0 aromatic rings. The third-order valence-corrected chi connectivity index (χ3v) is 5.57. The molecule has 3 nitrogen and oxygen atoms in total. The molecular weight excluding hydrogens is 216 g/mol. The highest BCUT2D eigenvalue weighted by Crippen LogP contribution is 2.56. The molecule has 1 saturated heterocycles. The van der Waals surface area contributed by atoms with Crippen LogP contribution in [0.3, 0.4) is 0 Å². The van der Waals surface area contributed by atoms with Crippen LogP contribution in [0.4, 0.5) is 0 Å². The summed E-state index contributed by atoms with van der Waals surface area (Å²) in [5.74, 6) is 0.604. The average Bonchev–Trinajstić information content (AvgIpc) is 2.76. The van der Waals surface area contributed by atoms with Crippen LogP contribution in [0.5, 0.6) is 0 Å². The first-order valence-electron chi connectivity index (χ1n) is 7.01. The normalized spacial score (nSPS) is 49.2. The fourth-order valence-corrected chi connectivity index (χ4v) is 4.24. The van der Waals surface area contributed by atoms with Gasteiger partial charge in [0.2, 0.25) is 0 Å². The lowest BCUT2D eigenvalue weighted by atomic mass is 9.55. The van der Waals surface area contributed by atoms with E-state index in [2.05, 4.69) is 13.8 Å². The number of ether oxygens (including phenoxy) is 2. The zero-order valence-corrected chi connectivity index (χ0v) is 10.9. The van der Waals surface area contributed by atoms with Gasteiger partial charge in [0.05, 0.1) is 19.3 Å². The summed E-state index contributed by atoms with van der Waals surface area (Å²) in [6, 6.07) is 0. The van der Waals surface area contributed by atoms with E-state index in [9.17, 15) is 5.11 Å². The molecule has 1 N–H and O–H groups in total. The summed E-state index contributed by atoms with van der Waals surface area (Å²) in [6.07, 6.45) is 5.16. The Balaban J connectivity index is 1.82. The summed E-state index contributed by atoms with van der Waals surface area (Å²) in [5.41, 5.74) is 0.388. The molecule has 0 aromatic heterocycles. The molecule has 98 valence electrons. The topological polar surface area (TPSA) is 38.7 Å². The molecule has 1 aliphatic heterocycles. The van der Waals surface area contributed by atoms with Crippen molar-refractivity contribution in [1.82, 2.24) is 0 Å². The van der Waals surface area contributed by atoms with Crippen molar-refractivity contribution < 1.29 is 14.6 Å². The minimum Gasteiger partial charge on any atom is -0.393 e. The number of hydrogen-bond acceptors (Lipinski definition) is 3. The van der Waals surface area contributed by atoms with E-state index in [1.54, 1.807) is 0 Å². The maximum absolute atomic E-state index is 10.1. The van der Waals surface area contributed by atoms with Crippen LogP contribution in [0.15, 0.2) is 0 Å². The Labute approximate surface area is 103 Å². The minimum atomic E-state index is -0.310. The van der Waals surface area contributed by atoms with Gasteiger partial charge >= 0.3 is 0 Å². The molecule has 3 fully saturated rings. The number of aliphatic hydroxyl groups is 1. The predicted octanol–water partition coefficient (Wildman–Crippen LogP) is 2.33. The number of fused-ring (bicyclic) bond motifs is 1. The van der Waals surface area contributed by atoms with Crippen molar-refractivity contribution in [3.63, 3.8) is 0 Å². The van der Waals surface area contributed by atoms with Crippen molar-refractivity contribution in [3.8, 4) is 0 Å². The van der Waals surface area contributed by atoms with Gasteiger partial charge in [0.25, 0.3) is 0 Å². The van der Waals surface area contributed by atoms with Crippen LogP contribution in [0.2, 0.25) is 0 Å². The lowest BCUT2D eigenvalue weighted by molar-refractivity contribution is -0.223. The molecule has 0 aromatic carbocycles. The molecule has 0 amide bonds. The summed E-state index contributed by atoms with van der Waals surface area (Å²) in [6.45, 7) is 6.06. The van der Waals surface area contributed by atoms with Crippen molar-refractivity contribution in [2.24, 2.45) is 17.3 Å². The zero-order valence-electron chi connectivity index (χ0n) is 10.9. The van der Waals surface area contributed by atoms with E-state index < -0.39 is 0 Å². The van der Waals surface area contributed by atoms with E-state index in [1.165, 1.54) is 6.42 Å². The van der Waals surface area contributed by atoms with E-state index in [0.29, 0.717) is 17.3 Å². The molecule has 3 heteroatoms. The molecule has 0 unspecified atom stereocenters. The van der Waals surface area contributed by atoms with Gasteiger partial charge in [0, 0.05) is 12.8 Å². The molecule has 2 aliphatic carbocycles. The lowest BCUT2D eigenvalue weighted by Gasteiger charge is -2.54. The van der Waals surface area contributed by atoms with Crippen LogP contribution in [0, 0.1) is 17.3 Å². The van der Waals surface area contributed by atoms with Gasteiger partial charge in [0.15, 0.2) is 5.79 Å². The molecule has 1 heterocycles. The van der Waals surface area contributed by atoms with E-state index in [1.807, 2.05) is 0 Å². The molecule has 3 aliphatic rings. The number of hydrogen-bond donors (Lipinski definition) is 1. The fourth-order valence-electron chi connectivity index (χ4n) is 4.24. The zero-order chi connectivity index (χ0) is 12.1. The van der Waals surface area contributed by atoms with Gasteiger partial charge in [-0.15, -0.1) is 0 Å². The summed E-state index contributed by atoms with van der Waals surface area (Å²) in [5, 5.41) is 10.1. The summed E-state index contributed by atoms with van der Waals surface area (Å²) in [7, 11) is 0. The Kier molecular flexibility index (Phi) is 2.77. The largest absolute Gasteiger partial charge is 0.393 e. The first-order chi connectivity index (χ1) is 8.05. The standard InChI is InChI=1S/C14H24O3/c1-10-11-9-14(16-7-8-17-14)6-5-13(11,2)4-3-12(10)15/h10-12,15H,3-9H2,1-2H3/t10-,11-,12-,13+/m0/s1. The second kappa shape index (κ2) is 3.94. The van der Waals surface area contributed by atoms with Crippen molar-refractivity contribution in [2.75, 3.05) is 13.2 Å². The average molecular weight is 240 g/mol. The third-order valence-electron chi connectivity index (χ3n) is 5.57. The van der Waals surface area contributed by atoms with Gasteiger partial charge in [0.1, 0.15) is 0 Å². The molecule has 17 heavy (non-hydrogen) atoms. The minimum absolute atomic E-state index is 0.135. The maximum Gasteiger partial charge on any atom is 0.168 e. The maximum atomic E-state index is 10.1. The second-order valence-electron chi connectivity index (χ2n) is 6.54. The Morgan fingerprint density at radius 1 is 1.12 bits per heavy atom. The molecular formula is C14H24O3. The molecule has 3 rings (SSSR count).